The lowest BCUT2D eigenvalue weighted by Gasteiger charge is -2.14. The van der Waals surface area contributed by atoms with E-state index in [1.807, 2.05) is 0 Å². The van der Waals surface area contributed by atoms with E-state index in [1.165, 1.54) is 11.8 Å². The summed E-state index contributed by atoms with van der Waals surface area (Å²) in [6, 6.07) is 4.54. The first-order valence-electron chi connectivity index (χ1n) is 5.99. The van der Waals surface area contributed by atoms with Crippen molar-refractivity contribution >= 4 is 62.3 Å². The van der Waals surface area contributed by atoms with Gasteiger partial charge in [0, 0.05) is 4.90 Å². The number of halogens is 3. The van der Waals surface area contributed by atoms with Crippen molar-refractivity contribution in [3.05, 3.63) is 28.2 Å². The molecule has 0 unspecified atom stereocenters. The average Bonchev–Trinajstić information content (AvgIpc) is 2.61. The molecule has 0 saturated carbocycles. The van der Waals surface area contributed by atoms with Crippen molar-refractivity contribution in [1.82, 2.24) is 5.32 Å². The van der Waals surface area contributed by atoms with E-state index in [2.05, 4.69) is 5.32 Å². The molecule has 116 valence electrons. The van der Waals surface area contributed by atoms with E-state index in [0.29, 0.717) is 14.9 Å². The van der Waals surface area contributed by atoms with Gasteiger partial charge in [-0.3, -0.25) is 4.79 Å². The highest BCUT2D eigenvalue weighted by Gasteiger charge is 2.37. The number of rotatable bonds is 4. The highest BCUT2D eigenvalue weighted by Crippen LogP contribution is 2.33. The minimum Gasteiger partial charge on any atom is -0.350 e. The third kappa shape index (κ3) is 4.66. The molecule has 1 aliphatic rings. The summed E-state index contributed by atoms with van der Waals surface area (Å²) in [5.41, 5.74) is 0. The highest BCUT2D eigenvalue weighted by atomic mass is 35.5. The molecule has 0 bridgehead atoms. The molecular weight excluding hydrogens is 377 g/mol. The van der Waals surface area contributed by atoms with Crippen LogP contribution in [0.15, 0.2) is 23.1 Å². The Balaban J connectivity index is 1.91. The van der Waals surface area contributed by atoms with E-state index in [0.717, 1.165) is 0 Å². The maximum absolute atomic E-state index is 11.9. The quantitative estimate of drug-likeness (QED) is 0.636. The van der Waals surface area contributed by atoms with Gasteiger partial charge >= 0.3 is 0 Å². The lowest BCUT2D eigenvalue weighted by Crippen LogP contribution is -2.41. The summed E-state index contributed by atoms with van der Waals surface area (Å²) in [7, 11) is -3.17. The number of benzene rings is 1. The Morgan fingerprint density at radius 3 is 2.43 bits per heavy atom. The van der Waals surface area contributed by atoms with Gasteiger partial charge in [-0.05, 0) is 12.1 Å². The minimum absolute atomic E-state index is 0.0869. The van der Waals surface area contributed by atoms with Crippen molar-refractivity contribution in [2.75, 3.05) is 17.3 Å². The number of carbonyl (C=O) groups is 1. The van der Waals surface area contributed by atoms with Crippen LogP contribution in [0, 0.1) is 0 Å². The van der Waals surface area contributed by atoms with E-state index in [1.54, 1.807) is 18.2 Å². The number of thioether (sulfide) groups is 1. The number of alkyl halides is 1. The molecule has 2 atom stereocenters. The second kappa shape index (κ2) is 6.96. The molecule has 0 aromatic heterocycles. The van der Waals surface area contributed by atoms with E-state index < -0.39 is 21.3 Å². The molecule has 1 aromatic carbocycles. The van der Waals surface area contributed by atoms with Crippen molar-refractivity contribution in [1.29, 1.82) is 0 Å². The Hall–Kier alpha value is -0.140. The zero-order valence-electron chi connectivity index (χ0n) is 10.7. The Kier molecular flexibility index (Phi) is 5.71. The third-order valence-corrected chi connectivity index (χ3v) is 7.26. The zero-order valence-corrected chi connectivity index (χ0v) is 14.6. The van der Waals surface area contributed by atoms with Gasteiger partial charge in [-0.15, -0.1) is 23.4 Å². The summed E-state index contributed by atoms with van der Waals surface area (Å²) in [4.78, 5) is 12.5. The van der Waals surface area contributed by atoms with Gasteiger partial charge in [0.05, 0.1) is 38.7 Å². The van der Waals surface area contributed by atoms with Crippen LogP contribution in [0.25, 0.3) is 0 Å². The summed E-state index contributed by atoms with van der Waals surface area (Å²) in [5.74, 6) is -0.444. The standard InChI is InChI=1S/C12H12Cl3NO3S2/c13-7-2-1-3-8(14)12(7)20-4-11(17)16-10-6-21(18,19)5-9(10)15/h1-3,9-10H,4-6H2,(H,16,17)/t9-,10+/m1/s1. The fourth-order valence-electron chi connectivity index (χ4n) is 1.94. The molecule has 1 aromatic rings. The second-order valence-corrected chi connectivity index (χ2v) is 9.12. The van der Waals surface area contributed by atoms with Crippen LogP contribution in [0.2, 0.25) is 10.0 Å². The second-order valence-electron chi connectivity index (χ2n) is 4.61. The largest absolute Gasteiger partial charge is 0.350 e. The Morgan fingerprint density at radius 1 is 1.29 bits per heavy atom. The lowest BCUT2D eigenvalue weighted by molar-refractivity contribution is -0.119. The highest BCUT2D eigenvalue weighted by molar-refractivity contribution is 8.00. The van der Waals surface area contributed by atoms with Gasteiger partial charge in [-0.1, -0.05) is 29.3 Å². The van der Waals surface area contributed by atoms with Crippen LogP contribution >= 0.6 is 46.6 Å². The molecule has 1 amide bonds. The molecule has 0 radical (unpaired) electrons. The number of amides is 1. The zero-order chi connectivity index (χ0) is 15.6. The van der Waals surface area contributed by atoms with E-state index in [9.17, 15) is 13.2 Å². The fourth-order valence-corrected chi connectivity index (χ4v) is 5.99. The van der Waals surface area contributed by atoms with Crippen molar-refractivity contribution in [2.45, 2.75) is 16.3 Å². The summed E-state index contributed by atoms with van der Waals surface area (Å²) < 4.78 is 22.9. The number of carbonyl (C=O) groups excluding carboxylic acids is 1. The maximum Gasteiger partial charge on any atom is 0.230 e. The normalized spacial score (nSPS) is 24.0. The van der Waals surface area contributed by atoms with Crippen LogP contribution < -0.4 is 5.32 Å². The Morgan fingerprint density at radius 2 is 1.90 bits per heavy atom. The molecule has 0 spiro atoms. The molecule has 1 N–H and O–H groups in total. The number of nitrogens with one attached hydrogen (secondary N) is 1. The number of sulfone groups is 1. The van der Waals surface area contributed by atoms with Crippen molar-refractivity contribution in [3.63, 3.8) is 0 Å². The van der Waals surface area contributed by atoms with E-state index >= 15 is 0 Å². The fraction of sp³-hybridized carbons (Fsp3) is 0.417. The molecule has 1 heterocycles. The number of hydrogen-bond donors (Lipinski definition) is 1. The van der Waals surface area contributed by atoms with Crippen LogP contribution in [0.4, 0.5) is 0 Å². The topological polar surface area (TPSA) is 63.2 Å². The molecule has 0 aliphatic carbocycles. The maximum atomic E-state index is 11.9. The molecule has 1 saturated heterocycles. The summed E-state index contributed by atoms with van der Waals surface area (Å²) in [6.45, 7) is 0. The van der Waals surface area contributed by atoms with Gasteiger partial charge in [0.25, 0.3) is 0 Å². The van der Waals surface area contributed by atoms with Crippen LogP contribution in [-0.4, -0.2) is 43.0 Å². The average molecular weight is 389 g/mol. The van der Waals surface area contributed by atoms with Gasteiger partial charge < -0.3 is 5.32 Å². The van der Waals surface area contributed by atoms with Crippen LogP contribution in [0.1, 0.15) is 0 Å². The third-order valence-electron chi connectivity index (χ3n) is 2.90. The van der Waals surface area contributed by atoms with Gasteiger partial charge in [-0.2, -0.15) is 0 Å². The molecule has 9 heteroatoms. The number of hydrogen-bond acceptors (Lipinski definition) is 4. The van der Waals surface area contributed by atoms with E-state index in [-0.39, 0.29) is 23.2 Å². The summed E-state index contributed by atoms with van der Waals surface area (Å²) in [6.07, 6.45) is 0. The van der Waals surface area contributed by atoms with Crippen molar-refractivity contribution in [3.8, 4) is 0 Å². The minimum atomic E-state index is -3.17. The summed E-state index contributed by atoms with van der Waals surface area (Å²) >= 11 is 19.1. The van der Waals surface area contributed by atoms with Crippen molar-refractivity contribution < 1.29 is 13.2 Å². The monoisotopic (exact) mass is 387 g/mol. The first-order chi connectivity index (χ1) is 9.78. The Labute approximate surface area is 142 Å². The Bertz CT molecular complexity index is 631. The first-order valence-corrected chi connectivity index (χ1v) is 9.99. The van der Waals surface area contributed by atoms with Gasteiger partial charge in [0.2, 0.25) is 5.91 Å². The van der Waals surface area contributed by atoms with Gasteiger partial charge in [-0.25, -0.2) is 8.42 Å². The van der Waals surface area contributed by atoms with Gasteiger partial charge in [0.15, 0.2) is 9.84 Å². The van der Waals surface area contributed by atoms with Crippen LogP contribution in [-0.2, 0) is 14.6 Å². The smallest absolute Gasteiger partial charge is 0.230 e. The molecule has 2 rings (SSSR count). The molecule has 1 fully saturated rings. The SMILES string of the molecule is O=C(CSc1c(Cl)cccc1Cl)N[C@H]1CS(=O)(=O)C[C@H]1Cl. The molecule has 21 heavy (non-hydrogen) atoms. The lowest BCUT2D eigenvalue weighted by atomic mass is 10.2. The van der Waals surface area contributed by atoms with Crippen molar-refractivity contribution in [2.24, 2.45) is 0 Å². The van der Waals surface area contributed by atoms with Gasteiger partial charge in [0.1, 0.15) is 0 Å². The van der Waals surface area contributed by atoms with E-state index in [4.69, 9.17) is 34.8 Å². The first kappa shape index (κ1) is 17.2. The summed E-state index contributed by atoms with van der Waals surface area (Å²) in [5, 5.41) is 2.99. The predicted molar refractivity (Wildman–Crippen MR) is 87.4 cm³/mol. The molecule has 1 aliphatic heterocycles. The van der Waals surface area contributed by atoms with Crippen LogP contribution in [0.5, 0.6) is 0 Å². The predicted octanol–water partition coefficient (Wildman–Crippen LogP) is 2.61. The van der Waals surface area contributed by atoms with Crippen LogP contribution in [0.3, 0.4) is 0 Å². The molecule has 4 nitrogen and oxygen atoms in total. The molecular formula is C12H12Cl3NO3S2.